The third-order valence-corrected chi connectivity index (χ3v) is 7.64. The summed E-state index contributed by atoms with van der Waals surface area (Å²) in [5, 5.41) is 0.268. The van der Waals surface area contributed by atoms with Gasteiger partial charge in [0.2, 0.25) is 0 Å². The van der Waals surface area contributed by atoms with E-state index in [-0.39, 0.29) is 17.5 Å². The van der Waals surface area contributed by atoms with Crippen LogP contribution in [0.2, 0.25) is 5.02 Å². The third kappa shape index (κ3) is 5.84. The lowest BCUT2D eigenvalue weighted by molar-refractivity contribution is 0.0571. The number of hydrogen-bond acceptors (Lipinski definition) is 6. The van der Waals surface area contributed by atoms with E-state index in [4.69, 9.17) is 30.5 Å². The zero-order valence-corrected chi connectivity index (χ0v) is 22.6. The molecular weight excluding hydrogens is 504 g/mol. The molecule has 0 aromatic heterocycles. The van der Waals surface area contributed by atoms with E-state index in [1.54, 1.807) is 26.4 Å². The van der Waals surface area contributed by atoms with E-state index in [0.717, 1.165) is 48.7 Å². The molecule has 0 N–H and O–H groups in total. The molecule has 200 valence electrons. The molecule has 7 nitrogen and oxygen atoms in total. The topological polar surface area (TPSA) is 60.5 Å². The Kier molecular flexibility index (Phi) is 8.25. The SMILES string of the molecule is COc1ccc(COc2ccc(C(=O)N3CCN4CCCC4C3)c(Cl)c2OCc2ccc(OC)cc2)cc1. The molecule has 1 unspecified atom stereocenters. The lowest BCUT2D eigenvalue weighted by Gasteiger charge is -2.37. The molecule has 1 atom stereocenters. The number of nitrogens with zero attached hydrogens (tertiary/aromatic N) is 2. The molecule has 0 spiro atoms. The number of hydrogen-bond donors (Lipinski definition) is 0. The first kappa shape index (κ1) is 26.2. The second kappa shape index (κ2) is 12.0. The molecule has 3 aromatic carbocycles. The van der Waals surface area contributed by atoms with Crippen LogP contribution in [0.1, 0.15) is 34.3 Å². The van der Waals surface area contributed by atoms with Gasteiger partial charge in [-0.3, -0.25) is 9.69 Å². The number of amides is 1. The molecular formula is C30H33ClN2O5. The van der Waals surface area contributed by atoms with Gasteiger partial charge in [-0.2, -0.15) is 0 Å². The average molecular weight is 537 g/mol. The summed E-state index contributed by atoms with van der Waals surface area (Å²) < 4.78 is 22.8. The van der Waals surface area contributed by atoms with Gasteiger partial charge < -0.3 is 23.8 Å². The highest BCUT2D eigenvalue weighted by Crippen LogP contribution is 2.40. The molecule has 8 heteroatoms. The fraction of sp³-hybridized carbons (Fsp3) is 0.367. The van der Waals surface area contributed by atoms with Crippen molar-refractivity contribution in [3.8, 4) is 23.0 Å². The van der Waals surface area contributed by atoms with Gasteiger partial charge in [-0.25, -0.2) is 0 Å². The summed E-state index contributed by atoms with van der Waals surface area (Å²) in [6.07, 6.45) is 2.32. The molecule has 0 saturated carbocycles. The van der Waals surface area contributed by atoms with Crippen LogP contribution in [0.3, 0.4) is 0 Å². The van der Waals surface area contributed by atoms with Gasteiger partial charge in [0.15, 0.2) is 11.5 Å². The standard InChI is InChI=1S/C30H33ClN2O5/c1-35-24-9-5-21(6-10-24)19-37-27-14-13-26(30(34)33-17-16-32-15-3-4-23(32)18-33)28(31)29(27)38-20-22-7-11-25(36-2)12-8-22/h5-14,23H,3-4,15-20H2,1-2H3. The van der Waals surface area contributed by atoms with Crippen LogP contribution in [0.15, 0.2) is 60.7 Å². The summed E-state index contributed by atoms with van der Waals surface area (Å²) in [6, 6.07) is 19.2. The Morgan fingerprint density at radius 3 is 2.11 bits per heavy atom. The van der Waals surface area contributed by atoms with Crippen molar-refractivity contribution in [3.05, 3.63) is 82.4 Å². The van der Waals surface area contributed by atoms with Crippen LogP contribution in [0.4, 0.5) is 0 Å². The number of rotatable bonds is 9. The lowest BCUT2D eigenvalue weighted by Crippen LogP contribution is -2.52. The summed E-state index contributed by atoms with van der Waals surface area (Å²) in [6.45, 7) is 4.03. The number of fused-ring (bicyclic) bond motifs is 1. The first-order valence-corrected chi connectivity index (χ1v) is 13.3. The van der Waals surface area contributed by atoms with Gasteiger partial charge in [-0.1, -0.05) is 35.9 Å². The average Bonchev–Trinajstić information content (AvgIpc) is 3.44. The molecule has 2 aliphatic heterocycles. The van der Waals surface area contributed by atoms with E-state index in [2.05, 4.69) is 4.90 Å². The van der Waals surface area contributed by atoms with Crippen LogP contribution in [-0.2, 0) is 13.2 Å². The van der Waals surface area contributed by atoms with Gasteiger partial charge in [-0.05, 0) is 66.9 Å². The van der Waals surface area contributed by atoms with E-state index < -0.39 is 0 Å². The highest BCUT2D eigenvalue weighted by Gasteiger charge is 2.34. The van der Waals surface area contributed by atoms with Crippen LogP contribution in [0, 0.1) is 0 Å². The number of carbonyl (C=O) groups is 1. The molecule has 0 radical (unpaired) electrons. The minimum Gasteiger partial charge on any atom is -0.497 e. The summed E-state index contributed by atoms with van der Waals surface area (Å²) in [7, 11) is 3.27. The van der Waals surface area contributed by atoms with Crippen LogP contribution < -0.4 is 18.9 Å². The zero-order chi connectivity index (χ0) is 26.5. The number of carbonyl (C=O) groups excluding carboxylic acids is 1. The van der Waals surface area contributed by atoms with Gasteiger partial charge in [0.25, 0.3) is 5.91 Å². The Labute approximate surface area is 228 Å². The van der Waals surface area contributed by atoms with Crippen molar-refractivity contribution in [2.45, 2.75) is 32.1 Å². The number of piperazine rings is 1. The van der Waals surface area contributed by atoms with Gasteiger partial charge in [-0.15, -0.1) is 0 Å². The molecule has 0 bridgehead atoms. The molecule has 2 aliphatic rings. The number of ether oxygens (including phenoxy) is 4. The maximum absolute atomic E-state index is 13.6. The zero-order valence-electron chi connectivity index (χ0n) is 21.8. The summed E-state index contributed by atoms with van der Waals surface area (Å²) in [5.41, 5.74) is 2.34. The van der Waals surface area contributed by atoms with Crippen LogP contribution in [0.5, 0.6) is 23.0 Å². The van der Waals surface area contributed by atoms with Crippen LogP contribution in [0.25, 0.3) is 0 Å². The van der Waals surface area contributed by atoms with Crippen molar-refractivity contribution in [1.82, 2.24) is 9.80 Å². The highest BCUT2D eigenvalue weighted by molar-refractivity contribution is 6.35. The molecule has 0 aliphatic carbocycles. The van der Waals surface area contributed by atoms with Gasteiger partial charge in [0.1, 0.15) is 24.7 Å². The van der Waals surface area contributed by atoms with E-state index in [1.165, 1.54) is 6.42 Å². The van der Waals surface area contributed by atoms with Crippen molar-refractivity contribution in [2.75, 3.05) is 40.4 Å². The Balaban J connectivity index is 1.37. The maximum Gasteiger partial charge on any atom is 0.255 e. The normalized spacial score (nSPS) is 17.1. The van der Waals surface area contributed by atoms with E-state index >= 15 is 0 Å². The van der Waals surface area contributed by atoms with E-state index in [1.807, 2.05) is 53.4 Å². The molecule has 5 rings (SSSR count). The smallest absolute Gasteiger partial charge is 0.255 e. The predicted octanol–water partition coefficient (Wildman–Crippen LogP) is 5.44. The lowest BCUT2D eigenvalue weighted by atomic mass is 10.1. The number of halogens is 1. The Morgan fingerprint density at radius 1 is 0.842 bits per heavy atom. The molecule has 2 fully saturated rings. The monoisotopic (exact) mass is 536 g/mol. The minimum atomic E-state index is -0.0717. The molecule has 1 amide bonds. The minimum absolute atomic E-state index is 0.0717. The Bertz CT molecular complexity index is 1250. The van der Waals surface area contributed by atoms with Crippen LogP contribution in [-0.4, -0.2) is 62.1 Å². The number of benzene rings is 3. The van der Waals surface area contributed by atoms with Crippen molar-refractivity contribution in [1.29, 1.82) is 0 Å². The number of methoxy groups -OCH3 is 2. The quantitative estimate of drug-likeness (QED) is 0.363. The first-order valence-electron chi connectivity index (χ1n) is 12.9. The molecule has 38 heavy (non-hydrogen) atoms. The molecule has 2 saturated heterocycles. The highest BCUT2D eigenvalue weighted by atomic mass is 35.5. The largest absolute Gasteiger partial charge is 0.497 e. The van der Waals surface area contributed by atoms with Gasteiger partial charge in [0, 0.05) is 25.7 Å². The Morgan fingerprint density at radius 2 is 1.47 bits per heavy atom. The fourth-order valence-electron chi connectivity index (χ4n) is 5.06. The molecule has 2 heterocycles. The summed E-state index contributed by atoms with van der Waals surface area (Å²) >= 11 is 6.88. The summed E-state index contributed by atoms with van der Waals surface area (Å²) in [4.78, 5) is 18.0. The van der Waals surface area contributed by atoms with Crippen molar-refractivity contribution < 1.29 is 23.7 Å². The second-order valence-electron chi connectivity index (χ2n) is 9.61. The predicted molar refractivity (Wildman–Crippen MR) is 147 cm³/mol. The summed E-state index contributed by atoms with van der Waals surface area (Å²) in [5.74, 6) is 2.32. The fourth-order valence-corrected chi connectivity index (χ4v) is 5.35. The van der Waals surface area contributed by atoms with Crippen molar-refractivity contribution >= 4 is 17.5 Å². The second-order valence-corrected chi connectivity index (χ2v) is 9.99. The van der Waals surface area contributed by atoms with Gasteiger partial charge in [0.05, 0.1) is 24.8 Å². The van der Waals surface area contributed by atoms with Gasteiger partial charge >= 0.3 is 0 Å². The maximum atomic E-state index is 13.6. The molecule has 3 aromatic rings. The van der Waals surface area contributed by atoms with Crippen LogP contribution >= 0.6 is 11.6 Å². The first-order chi connectivity index (χ1) is 18.6. The third-order valence-electron chi connectivity index (χ3n) is 7.26. The van der Waals surface area contributed by atoms with E-state index in [9.17, 15) is 4.79 Å². The van der Waals surface area contributed by atoms with Crippen molar-refractivity contribution in [2.24, 2.45) is 0 Å². The Hall–Kier alpha value is -3.42. The van der Waals surface area contributed by atoms with E-state index in [0.29, 0.717) is 36.3 Å². The van der Waals surface area contributed by atoms with Crippen molar-refractivity contribution in [3.63, 3.8) is 0 Å².